The number of likely N-dealkylation sites (tertiary alicyclic amines) is 1. The quantitative estimate of drug-likeness (QED) is 0.732. The third kappa shape index (κ3) is 3.16. The van der Waals surface area contributed by atoms with E-state index in [-0.39, 0.29) is 13.6 Å². The molecule has 2 bridgehead atoms. The molecule has 0 saturated carbocycles. The predicted molar refractivity (Wildman–Crippen MR) is 117 cm³/mol. The number of carbonyl (C=O) groups excluding carboxylic acids is 1. The number of fused-ring (bicyclic) bond motifs is 4. The zero-order valence-corrected chi connectivity index (χ0v) is 17.9. The van der Waals surface area contributed by atoms with Crippen molar-refractivity contribution in [2.45, 2.75) is 87.4 Å². The number of piperidine rings is 2. The normalized spacial score (nSPS) is 35.0. The van der Waals surface area contributed by atoms with E-state index >= 15 is 0 Å². The molecule has 6 rings (SSSR count). The Morgan fingerprint density at radius 2 is 1.80 bits per heavy atom. The number of hydrogen-bond donors (Lipinski definition) is 0. The standard InChI is InChI=1S/C25H34N2O3.H2/c28-24(30-22-8-14-29-17-22)27-19-5-6-20(27)16-21(15-19)26-12-10-25(11-13-26)9-7-18-3-1-2-4-23(18)25;/h1-4,19-22H,5-17H2;1H/t19?,20?,21?,22-;/m0./s1. The first-order valence-electron chi connectivity index (χ1n) is 12.1. The zero-order chi connectivity index (χ0) is 20.1. The topological polar surface area (TPSA) is 42.0 Å². The Hall–Kier alpha value is -1.59. The van der Waals surface area contributed by atoms with Crippen molar-refractivity contribution in [3.05, 3.63) is 35.4 Å². The molecule has 30 heavy (non-hydrogen) atoms. The Balaban J connectivity index is 0.00000204. The van der Waals surface area contributed by atoms with E-state index in [2.05, 4.69) is 34.1 Å². The smallest absolute Gasteiger partial charge is 0.410 e. The van der Waals surface area contributed by atoms with Gasteiger partial charge in [-0.3, -0.25) is 0 Å². The Morgan fingerprint density at radius 3 is 2.53 bits per heavy atom. The fourth-order valence-corrected chi connectivity index (χ4v) is 7.15. The number of benzene rings is 1. The number of aryl methyl sites for hydroxylation is 1. The van der Waals surface area contributed by atoms with Gasteiger partial charge in [-0.15, -0.1) is 0 Å². The molecule has 1 spiro atoms. The van der Waals surface area contributed by atoms with Crippen molar-refractivity contribution < 1.29 is 15.7 Å². The summed E-state index contributed by atoms with van der Waals surface area (Å²) in [5, 5.41) is 0. The molecule has 4 heterocycles. The largest absolute Gasteiger partial charge is 0.444 e. The Labute approximate surface area is 181 Å². The lowest BCUT2D eigenvalue weighted by molar-refractivity contribution is 0.00914. The molecule has 0 N–H and O–H groups in total. The van der Waals surface area contributed by atoms with Gasteiger partial charge in [0.1, 0.15) is 6.10 Å². The first kappa shape index (κ1) is 19.1. The summed E-state index contributed by atoms with van der Waals surface area (Å²) in [6.07, 6.45) is 10.4. The second-order valence-electron chi connectivity index (χ2n) is 10.3. The van der Waals surface area contributed by atoms with Gasteiger partial charge in [-0.05, 0) is 81.0 Å². The maximum absolute atomic E-state index is 12.8. The lowest BCUT2D eigenvalue weighted by Crippen LogP contribution is -2.55. The van der Waals surface area contributed by atoms with Crippen molar-refractivity contribution in [2.24, 2.45) is 0 Å². The summed E-state index contributed by atoms with van der Waals surface area (Å²) in [5.74, 6) is 0. The van der Waals surface area contributed by atoms with Gasteiger partial charge in [0.05, 0.1) is 13.2 Å². The van der Waals surface area contributed by atoms with Gasteiger partial charge in [0.2, 0.25) is 0 Å². The maximum Gasteiger partial charge on any atom is 0.410 e. The molecule has 1 aliphatic carbocycles. The highest BCUT2D eigenvalue weighted by Crippen LogP contribution is 2.47. The van der Waals surface area contributed by atoms with Crippen LogP contribution in [0.4, 0.5) is 4.79 Å². The molecule has 5 heteroatoms. The molecule has 0 radical (unpaired) electrons. The van der Waals surface area contributed by atoms with E-state index < -0.39 is 0 Å². The summed E-state index contributed by atoms with van der Waals surface area (Å²) in [6, 6.07) is 10.5. The Bertz CT molecular complexity index is 790. The van der Waals surface area contributed by atoms with Crippen LogP contribution < -0.4 is 0 Å². The molecule has 5 nitrogen and oxygen atoms in total. The average molecular weight is 413 g/mol. The van der Waals surface area contributed by atoms with E-state index in [1.54, 1.807) is 11.1 Å². The average Bonchev–Trinajstić information content (AvgIpc) is 3.47. The van der Waals surface area contributed by atoms with Crippen molar-refractivity contribution in [2.75, 3.05) is 26.3 Å². The lowest BCUT2D eigenvalue weighted by atomic mass is 9.73. The number of nitrogens with zero attached hydrogens (tertiary/aromatic N) is 2. The summed E-state index contributed by atoms with van der Waals surface area (Å²) in [4.78, 5) is 17.7. The highest BCUT2D eigenvalue weighted by Gasteiger charge is 2.48. The first-order chi connectivity index (χ1) is 14.7. The van der Waals surface area contributed by atoms with Gasteiger partial charge in [0.25, 0.3) is 0 Å². The molecule has 1 amide bonds. The van der Waals surface area contributed by atoms with Gasteiger partial charge in [-0.2, -0.15) is 0 Å². The Kier molecular flexibility index (Phi) is 4.80. The second kappa shape index (κ2) is 7.52. The third-order valence-electron chi connectivity index (χ3n) is 8.81. The van der Waals surface area contributed by atoms with Crippen molar-refractivity contribution >= 4 is 6.09 Å². The van der Waals surface area contributed by atoms with Crippen molar-refractivity contribution in [3.8, 4) is 0 Å². The number of hydrogen-bond acceptors (Lipinski definition) is 4. The van der Waals surface area contributed by atoms with Crippen LogP contribution in [0.15, 0.2) is 24.3 Å². The molecule has 4 saturated heterocycles. The van der Waals surface area contributed by atoms with Crippen LogP contribution in [0.1, 0.15) is 63.9 Å². The van der Waals surface area contributed by atoms with Crippen molar-refractivity contribution in [1.82, 2.24) is 9.80 Å². The SMILES string of the molecule is O=C(O[C@H]1CCOC1)N1C2CCC1CC(N1CCC3(CCc4ccccc43)CC1)C2.[HH]. The van der Waals surface area contributed by atoms with E-state index in [1.807, 2.05) is 0 Å². The second-order valence-corrected chi connectivity index (χ2v) is 10.3. The zero-order valence-electron chi connectivity index (χ0n) is 17.9. The van der Waals surface area contributed by atoms with Crippen LogP contribution in [0.2, 0.25) is 0 Å². The number of ether oxygens (including phenoxy) is 2. The van der Waals surface area contributed by atoms with Crippen LogP contribution in [0.3, 0.4) is 0 Å². The van der Waals surface area contributed by atoms with Crippen molar-refractivity contribution in [1.29, 1.82) is 0 Å². The number of carbonyl (C=O) groups is 1. The van der Waals surface area contributed by atoms with Gasteiger partial charge in [0.15, 0.2) is 0 Å². The maximum atomic E-state index is 12.8. The molecule has 0 aromatic heterocycles. The van der Waals surface area contributed by atoms with E-state index in [0.29, 0.717) is 36.8 Å². The van der Waals surface area contributed by atoms with Crippen LogP contribution in [-0.4, -0.2) is 66.4 Å². The minimum absolute atomic E-state index is 0. The van der Waals surface area contributed by atoms with E-state index in [1.165, 1.54) is 38.8 Å². The van der Waals surface area contributed by atoms with Crippen LogP contribution in [0.5, 0.6) is 0 Å². The number of rotatable bonds is 2. The molecule has 4 fully saturated rings. The molecular weight excluding hydrogens is 376 g/mol. The highest BCUT2D eigenvalue weighted by atomic mass is 16.6. The lowest BCUT2D eigenvalue weighted by Gasteiger charge is -2.47. The number of amides is 1. The van der Waals surface area contributed by atoms with Crippen LogP contribution in [-0.2, 0) is 21.3 Å². The monoisotopic (exact) mass is 412 g/mol. The van der Waals surface area contributed by atoms with Crippen LogP contribution >= 0.6 is 0 Å². The molecule has 1 aromatic rings. The fourth-order valence-electron chi connectivity index (χ4n) is 7.15. The van der Waals surface area contributed by atoms with Gasteiger partial charge >= 0.3 is 6.09 Å². The molecule has 3 atom stereocenters. The Morgan fingerprint density at radius 1 is 1.03 bits per heavy atom. The summed E-state index contributed by atoms with van der Waals surface area (Å²) in [7, 11) is 0. The van der Waals surface area contributed by atoms with Gasteiger partial charge in [0, 0.05) is 26.0 Å². The predicted octanol–water partition coefficient (Wildman–Crippen LogP) is 4.13. The molecule has 5 aliphatic rings. The summed E-state index contributed by atoms with van der Waals surface area (Å²) < 4.78 is 11.1. The van der Waals surface area contributed by atoms with Crippen LogP contribution in [0, 0.1) is 0 Å². The molecule has 164 valence electrons. The van der Waals surface area contributed by atoms with Crippen molar-refractivity contribution in [3.63, 3.8) is 0 Å². The van der Waals surface area contributed by atoms with E-state index in [9.17, 15) is 4.79 Å². The molecule has 2 unspecified atom stereocenters. The first-order valence-corrected chi connectivity index (χ1v) is 12.1. The van der Waals surface area contributed by atoms with E-state index in [0.717, 1.165) is 32.1 Å². The summed E-state index contributed by atoms with van der Waals surface area (Å²) >= 11 is 0. The molecular formula is C25H36N2O3. The molecule has 1 aromatic carbocycles. The fraction of sp³-hybridized carbons (Fsp3) is 0.720. The minimum Gasteiger partial charge on any atom is -0.444 e. The van der Waals surface area contributed by atoms with Gasteiger partial charge in [-0.25, -0.2) is 4.79 Å². The minimum atomic E-state index is -0.0865. The van der Waals surface area contributed by atoms with Gasteiger partial charge in [-0.1, -0.05) is 24.3 Å². The summed E-state index contributed by atoms with van der Waals surface area (Å²) in [6.45, 7) is 3.70. The molecule has 4 aliphatic heterocycles. The van der Waals surface area contributed by atoms with Crippen LogP contribution in [0.25, 0.3) is 0 Å². The van der Waals surface area contributed by atoms with E-state index in [4.69, 9.17) is 9.47 Å². The van der Waals surface area contributed by atoms with Gasteiger partial charge < -0.3 is 19.3 Å². The third-order valence-corrected chi connectivity index (χ3v) is 8.81. The highest BCUT2D eigenvalue weighted by molar-refractivity contribution is 5.69. The summed E-state index contributed by atoms with van der Waals surface area (Å²) in [5.41, 5.74) is 3.65.